The van der Waals surface area contributed by atoms with Crippen molar-refractivity contribution in [2.24, 2.45) is 0 Å². The van der Waals surface area contributed by atoms with Gasteiger partial charge in [0.1, 0.15) is 11.1 Å². The summed E-state index contributed by atoms with van der Waals surface area (Å²) in [6.45, 7) is 4.82. The maximum absolute atomic E-state index is 11.8. The molecule has 0 spiro atoms. The maximum Gasteiger partial charge on any atom is 0.272 e. The second-order valence-corrected chi connectivity index (χ2v) is 6.02. The molecule has 0 atom stereocenters. The normalized spacial score (nSPS) is 10.7. The van der Waals surface area contributed by atoms with Crippen molar-refractivity contribution in [3.05, 3.63) is 46.4 Å². The molecule has 0 aliphatic heterocycles. The molecule has 0 radical (unpaired) electrons. The fourth-order valence-corrected chi connectivity index (χ4v) is 2.15. The Morgan fingerprint density at radius 2 is 1.96 bits per heavy atom. The predicted octanol–water partition coefficient (Wildman–Crippen LogP) is 1.28. The maximum atomic E-state index is 11.8. The zero-order valence-electron chi connectivity index (χ0n) is 14.3. The van der Waals surface area contributed by atoms with E-state index in [1.54, 1.807) is 20.0 Å². The van der Waals surface area contributed by atoms with Crippen LogP contribution in [-0.2, 0) is 4.79 Å². The quantitative estimate of drug-likeness (QED) is 0.580. The lowest BCUT2D eigenvalue weighted by Crippen LogP contribution is -2.19. The number of carbonyl (C=O) groups is 1. The van der Waals surface area contributed by atoms with Crippen molar-refractivity contribution in [2.45, 2.75) is 32.8 Å². The number of benzene rings is 1. The Morgan fingerprint density at radius 3 is 2.56 bits per heavy atom. The molecule has 6 heteroatoms. The van der Waals surface area contributed by atoms with E-state index >= 15 is 0 Å². The molecular weight excluding hydrogens is 320 g/mol. The molecule has 25 heavy (non-hydrogen) atoms. The van der Waals surface area contributed by atoms with Gasteiger partial charge in [0.25, 0.3) is 5.56 Å². The molecule has 3 aromatic rings. The first-order valence-corrected chi connectivity index (χ1v) is 7.80. The highest BCUT2D eigenvalue weighted by molar-refractivity contribution is 6.04. The van der Waals surface area contributed by atoms with Crippen LogP contribution in [0.3, 0.4) is 0 Å². The third-order valence-electron chi connectivity index (χ3n) is 3.33. The number of carboxylic acids is 1. The van der Waals surface area contributed by atoms with Crippen LogP contribution in [0.4, 0.5) is 0 Å². The minimum absolute atomic E-state index is 0.111. The molecule has 0 aliphatic carbocycles. The molecule has 0 bridgehead atoms. The number of pyridine rings is 1. The van der Waals surface area contributed by atoms with Gasteiger partial charge in [0, 0.05) is 34.0 Å². The molecule has 0 fully saturated rings. The van der Waals surface area contributed by atoms with Crippen LogP contribution in [0, 0.1) is 11.8 Å². The van der Waals surface area contributed by atoms with Gasteiger partial charge < -0.3 is 25.0 Å². The van der Waals surface area contributed by atoms with Crippen LogP contribution in [0.2, 0.25) is 0 Å². The van der Waals surface area contributed by atoms with E-state index in [0.29, 0.717) is 5.52 Å². The first-order valence-electron chi connectivity index (χ1n) is 7.80. The summed E-state index contributed by atoms with van der Waals surface area (Å²) in [6.07, 6.45) is 1.86. The minimum atomic E-state index is -1.02. The van der Waals surface area contributed by atoms with E-state index in [1.165, 1.54) is 6.92 Å². The second-order valence-electron chi connectivity index (χ2n) is 6.02. The third-order valence-corrected chi connectivity index (χ3v) is 3.33. The smallest absolute Gasteiger partial charge is 0.272 e. The number of carboxylic acid groups (broad SMARTS) is 1. The number of hydrogen-bond donors (Lipinski definition) is 3. The number of aliphatic hydroxyl groups is 1. The average Bonchev–Trinajstić information content (AvgIpc) is 3.03. The molecule has 0 unspecified atom stereocenters. The SMILES string of the molecule is CC(C)(O)C#Cc1ccc2[nH]c(=O)c3[nH]ccc3c2c1.CCC(=O)[O-]. The standard InChI is InChI=1S/C16H14N2O2.C3H6O2/c1-16(2,20)7-5-10-3-4-13-12(9-10)11-6-8-17-14(11)15(19)18-13;1-2-3(4)5/h3-4,6,8-9,17,20H,1-2H3,(H,18,19);2H2,1H3,(H,4,5)/p-1. The van der Waals surface area contributed by atoms with E-state index in [2.05, 4.69) is 21.8 Å². The number of aromatic nitrogens is 2. The molecule has 6 nitrogen and oxygen atoms in total. The summed E-state index contributed by atoms with van der Waals surface area (Å²) in [7, 11) is 0. The molecule has 3 rings (SSSR count). The number of aromatic amines is 2. The summed E-state index contributed by atoms with van der Waals surface area (Å²) in [5.74, 6) is 4.73. The molecule has 3 N–H and O–H groups in total. The highest BCUT2D eigenvalue weighted by Gasteiger charge is 2.08. The van der Waals surface area contributed by atoms with E-state index in [4.69, 9.17) is 0 Å². The topological polar surface area (TPSA) is 109 Å². The highest BCUT2D eigenvalue weighted by atomic mass is 16.4. The molecule has 0 amide bonds. The molecule has 0 saturated carbocycles. The van der Waals surface area contributed by atoms with Crippen LogP contribution >= 0.6 is 0 Å². The first-order chi connectivity index (χ1) is 11.7. The fourth-order valence-electron chi connectivity index (χ4n) is 2.15. The van der Waals surface area contributed by atoms with Crippen LogP contribution in [0.5, 0.6) is 0 Å². The van der Waals surface area contributed by atoms with Crippen molar-refractivity contribution in [1.29, 1.82) is 0 Å². The van der Waals surface area contributed by atoms with Crippen molar-refractivity contribution in [3.8, 4) is 11.8 Å². The van der Waals surface area contributed by atoms with E-state index < -0.39 is 11.6 Å². The Balaban J connectivity index is 0.000000399. The Kier molecular flexibility index (Phi) is 5.30. The van der Waals surface area contributed by atoms with Crippen LogP contribution in [-0.4, -0.2) is 26.6 Å². The number of carbonyl (C=O) groups excluding carboxylic acids is 1. The van der Waals surface area contributed by atoms with Crippen LogP contribution in [0.1, 0.15) is 32.8 Å². The zero-order chi connectivity index (χ0) is 18.6. The second kappa shape index (κ2) is 7.24. The van der Waals surface area contributed by atoms with Crippen molar-refractivity contribution < 1.29 is 15.0 Å². The lowest BCUT2D eigenvalue weighted by molar-refractivity contribution is -0.305. The molecule has 1 aromatic carbocycles. The Labute approximate surface area is 144 Å². The van der Waals surface area contributed by atoms with Crippen molar-refractivity contribution >= 4 is 27.8 Å². The van der Waals surface area contributed by atoms with Gasteiger partial charge in [0.2, 0.25) is 0 Å². The van der Waals surface area contributed by atoms with Gasteiger partial charge in [-0.15, -0.1) is 0 Å². The number of fused-ring (bicyclic) bond motifs is 3. The summed E-state index contributed by atoms with van der Waals surface area (Å²) in [6, 6.07) is 7.45. The summed E-state index contributed by atoms with van der Waals surface area (Å²) in [5, 5.41) is 20.7. The Hall–Kier alpha value is -3.04. The molecule has 2 aromatic heterocycles. The number of nitrogens with one attached hydrogen (secondary N) is 2. The van der Waals surface area contributed by atoms with Crippen molar-refractivity contribution in [2.75, 3.05) is 0 Å². The van der Waals surface area contributed by atoms with E-state index in [9.17, 15) is 19.8 Å². The van der Waals surface area contributed by atoms with Crippen LogP contribution in [0.25, 0.3) is 21.8 Å². The van der Waals surface area contributed by atoms with Gasteiger partial charge in [-0.25, -0.2) is 0 Å². The Bertz CT molecular complexity index is 1030. The summed E-state index contributed by atoms with van der Waals surface area (Å²) in [5.41, 5.74) is 0.978. The summed E-state index contributed by atoms with van der Waals surface area (Å²) in [4.78, 5) is 26.9. The van der Waals surface area contributed by atoms with Gasteiger partial charge in [-0.2, -0.15) is 0 Å². The zero-order valence-corrected chi connectivity index (χ0v) is 14.3. The Morgan fingerprint density at radius 1 is 1.28 bits per heavy atom. The van der Waals surface area contributed by atoms with Gasteiger partial charge >= 0.3 is 0 Å². The number of hydrogen-bond acceptors (Lipinski definition) is 4. The lowest BCUT2D eigenvalue weighted by atomic mass is 10.1. The van der Waals surface area contributed by atoms with Gasteiger partial charge in [0.15, 0.2) is 0 Å². The van der Waals surface area contributed by atoms with Gasteiger partial charge in [-0.05, 0) is 44.5 Å². The number of H-pyrrole nitrogens is 2. The van der Waals surface area contributed by atoms with E-state index in [0.717, 1.165) is 21.9 Å². The predicted molar refractivity (Wildman–Crippen MR) is 94.9 cm³/mol. The van der Waals surface area contributed by atoms with Gasteiger partial charge in [-0.3, -0.25) is 4.79 Å². The average molecular weight is 339 g/mol. The third kappa shape index (κ3) is 4.72. The van der Waals surface area contributed by atoms with E-state index in [-0.39, 0.29) is 12.0 Å². The highest BCUT2D eigenvalue weighted by Crippen LogP contribution is 2.21. The monoisotopic (exact) mass is 339 g/mol. The van der Waals surface area contributed by atoms with Crippen LogP contribution < -0.4 is 10.7 Å². The van der Waals surface area contributed by atoms with Crippen LogP contribution in [0.15, 0.2) is 35.3 Å². The van der Waals surface area contributed by atoms with E-state index in [1.807, 2.05) is 24.3 Å². The molecular formula is C19H19N2O4-. The van der Waals surface area contributed by atoms with Gasteiger partial charge in [0.05, 0.1) is 0 Å². The summed E-state index contributed by atoms with van der Waals surface area (Å²) >= 11 is 0. The minimum Gasteiger partial charge on any atom is -0.550 e. The molecule has 0 aliphatic rings. The molecule has 0 saturated heterocycles. The molecule has 2 heterocycles. The lowest BCUT2D eigenvalue weighted by Gasteiger charge is -2.06. The van der Waals surface area contributed by atoms with Gasteiger partial charge in [-0.1, -0.05) is 18.8 Å². The molecule has 130 valence electrons. The fraction of sp³-hybridized carbons (Fsp3) is 0.263. The van der Waals surface area contributed by atoms with Crippen molar-refractivity contribution in [1.82, 2.24) is 9.97 Å². The largest absolute Gasteiger partial charge is 0.550 e. The number of aliphatic carboxylic acids is 1. The number of rotatable bonds is 1. The van der Waals surface area contributed by atoms with Crippen molar-refractivity contribution in [3.63, 3.8) is 0 Å². The first kappa shape index (κ1) is 18.3. The summed E-state index contributed by atoms with van der Waals surface area (Å²) < 4.78 is 0.